The van der Waals surface area contributed by atoms with Gasteiger partial charge in [-0.05, 0) is 29.9 Å². The molecule has 0 heterocycles. The van der Waals surface area contributed by atoms with Crippen LogP contribution >= 0.6 is 0 Å². The van der Waals surface area contributed by atoms with Gasteiger partial charge in [0.15, 0.2) is 0 Å². The minimum absolute atomic E-state index is 0.226. The Bertz CT molecular complexity index is 489. The Balaban J connectivity index is 2.60. The lowest BCUT2D eigenvalue weighted by molar-refractivity contribution is -0.144. The number of amides is 1. The van der Waals surface area contributed by atoms with E-state index in [4.69, 9.17) is 0 Å². The molecule has 0 spiro atoms. The van der Waals surface area contributed by atoms with E-state index in [0.29, 0.717) is 12.8 Å². The van der Waals surface area contributed by atoms with E-state index in [1.165, 1.54) is 0 Å². The summed E-state index contributed by atoms with van der Waals surface area (Å²) in [5, 5.41) is 11.8. The maximum Gasteiger partial charge on any atom is 0.326 e. The van der Waals surface area contributed by atoms with Crippen molar-refractivity contribution in [3.05, 3.63) is 35.4 Å². The minimum Gasteiger partial charge on any atom is -0.480 e. The fraction of sp³-hybridized carbons (Fsp3) is 0.500. The van der Waals surface area contributed by atoms with Crippen LogP contribution in [0.4, 0.5) is 0 Å². The van der Waals surface area contributed by atoms with Gasteiger partial charge in [0, 0.05) is 6.42 Å². The van der Waals surface area contributed by atoms with Crippen LogP contribution in [0.3, 0.4) is 0 Å². The number of carboxylic acids is 1. The largest absolute Gasteiger partial charge is 0.480 e. The van der Waals surface area contributed by atoms with E-state index in [-0.39, 0.29) is 5.91 Å². The molecule has 4 heteroatoms. The van der Waals surface area contributed by atoms with Gasteiger partial charge in [0.2, 0.25) is 5.91 Å². The number of hydrogen-bond acceptors (Lipinski definition) is 2. The predicted octanol–water partition coefficient (Wildman–Crippen LogP) is 2.54. The summed E-state index contributed by atoms with van der Waals surface area (Å²) in [7, 11) is 0. The summed E-state index contributed by atoms with van der Waals surface area (Å²) in [6.45, 7) is 7.40. The Hall–Kier alpha value is -1.84. The number of nitrogens with one attached hydrogen (secondary N) is 1. The fourth-order valence-electron chi connectivity index (χ4n) is 2.02. The van der Waals surface area contributed by atoms with Gasteiger partial charge in [-0.2, -0.15) is 0 Å². The van der Waals surface area contributed by atoms with E-state index in [1.807, 2.05) is 31.2 Å². The molecule has 0 bridgehead atoms. The van der Waals surface area contributed by atoms with E-state index >= 15 is 0 Å². The second-order valence-corrected chi connectivity index (χ2v) is 6.13. The lowest BCUT2D eigenvalue weighted by atomic mass is 9.86. The average Bonchev–Trinajstić information content (AvgIpc) is 2.33. The maximum atomic E-state index is 11.9. The molecule has 0 saturated heterocycles. The first-order valence-electron chi connectivity index (χ1n) is 6.78. The van der Waals surface area contributed by atoms with Crippen LogP contribution in [0.5, 0.6) is 0 Å². The van der Waals surface area contributed by atoms with Crippen molar-refractivity contribution in [3.63, 3.8) is 0 Å². The number of carboxylic acid groups (broad SMARTS) is 1. The molecule has 1 aromatic rings. The molecule has 0 aliphatic heterocycles. The van der Waals surface area contributed by atoms with Crippen LogP contribution in [-0.4, -0.2) is 23.0 Å². The third kappa shape index (κ3) is 4.68. The highest BCUT2D eigenvalue weighted by Gasteiger charge is 2.32. The molecule has 0 aromatic heterocycles. The van der Waals surface area contributed by atoms with E-state index < -0.39 is 17.4 Å². The van der Waals surface area contributed by atoms with Crippen molar-refractivity contribution in [1.82, 2.24) is 5.32 Å². The molecule has 4 nitrogen and oxygen atoms in total. The highest BCUT2D eigenvalue weighted by Crippen LogP contribution is 2.19. The highest BCUT2D eigenvalue weighted by molar-refractivity contribution is 5.84. The molecule has 1 unspecified atom stereocenters. The molecule has 0 saturated carbocycles. The van der Waals surface area contributed by atoms with Crippen LogP contribution in [0.15, 0.2) is 24.3 Å². The number of aryl methyl sites for hydroxylation is 2. The molecule has 0 fully saturated rings. The molecule has 0 aliphatic rings. The monoisotopic (exact) mass is 277 g/mol. The normalized spacial score (nSPS) is 12.8. The van der Waals surface area contributed by atoms with E-state index in [9.17, 15) is 14.7 Å². The first kappa shape index (κ1) is 16.2. The maximum absolute atomic E-state index is 11.9. The second-order valence-electron chi connectivity index (χ2n) is 6.13. The number of aliphatic carboxylic acids is 1. The minimum atomic E-state index is -0.998. The van der Waals surface area contributed by atoms with Crippen molar-refractivity contribution < 1.29 is 14.7 Å². The summed E-state index contributed by atoms with van der Waals surface area (Å²) in [6, 6.07) is 7.02. The van der Waals surface area contributed by atoms with Crippen molar-refractivity contribution in [2.45, 2.75) is 46.6 Å². The number of carbonyl (C=O) groups is 2. The summed E-state index contributed by atoms with van der Waals surface area (Å²) in [5.41, 5.74) is 1.75. The molecule has 1 aromatic carbocycles. The van der Waals surface area contributed by atoms with Crippen LogP contribution < -0.4 is 5.32 Å². The third-order valence-corrected chi connectivity index (χ3v) is 3.30. The van der Waals surface area contributed by atoms with Gasteiger partial charge >= 0.3 is 5.97 Å². The molecular formula is C16H23NO3. The molecular weight excluding hydrogens is 254 g/mol. The molecule has 1 amide bonds. The fourth-order valence-corrected chi connectivity index (χ4v) is 2.02. The Morgan fingerprint density at radius 3 is 2.35 bits per heavy atom. The smallest absolute Gasteiger partial charge is 0.326 e. The summed E-state index contributed by atoms with van der Waals surface area (Å²) < 4.78 is 0. The predicted molar refractivity (Wildman–Crippen MR) is 78.5 cm³/mol. The quantitative estimate of drug-likeness (QED) is 0.869. The molecule has 1 atom stereocenters. The van der Waals surface area contributed by atoms with Gasteiger partial charge in [-0.15, -0.1) is 0 Å². The van der Waals surface area contributed by atoms with Crippen LogP contribution in [0.1, 0.15) is 38.3 Å². The Morgan fingerprint density at radius 2 is 1.85 bits per heavy atom. The number of hydrogen-bond donors (Lipinski definition) is 2. The van der Waals surface area contributed by atoms with Crippen molar-refractivity contribution in [3.8, 4) is 0 Å². The molecule has 110 valence electrons. The van der Waals surface area contributed by atoms with E-state index in [1.54, 1.807) is 20.8 Å². The lowest BCUT2D eigenvalue weighted by Gasteiger charge is -2.27. The van der Waals surface area contributed by atoms with Crippen molar-refractivity contribution >= 4 is 11.9 Å². The summed E-state index contributed by atoms with van der Waals surface area (Å²) in [5.74, 6) is -1.22. The SMILES string of the molecule is Cc1ccccc1CCC(=O)NC(C(=O)O)C(C)(C)C. The summed E-state index contributed by atoms with van der Waals surface area (Å²) >= 11 is 0. The number of benzene rings is 1. The zero-order chi connectivity index (χ0) is 15.3. The van der Waals surface area contributed by atoms with Gasteiger partial charge in [-0.3, -0.25) is 4.79 Å². The first-order valence-corrected chi connectivity index (χ1v) is 6.78. The molecule has 2 N–H and O–H groups in total. The van der Waals surface area contributed by atoms with E-state index in [0.717, 1.165) is 11.1 Å². The Kier molecular flexibility index (Phi) is 5.31. The molecule has 0 radical (unpaired) electrons. The van der Waals surface area contributed by atoms with Crippen LogP contribution in [-0.2, 0) is 16.0 Å². The van der Waals surface area contributed by atoms with Crippen molar-refractivity contribution in [2.24, 2.45) is 5.41 Å². The number of carbonyl (C=O) groups excluding carboxylic acids is 1. The number of rotatable bonds is 5. The standard InChI is InChI=1S/C16H23NO3/c1-11-7-5-6-8-12(11)9-10-13(18)17-14(15(19)20)16(2,3)4/h5-8,14H,9-10H2,1-4H3,(H,17,18)(H,19,20). The van der Waals surface area contributed by atoms with Gasteiger partial charge in [-0.1, -0.05) is 45.0 Å². The van der Waals surface area contributed by atoms with Gasteiger partial charge in [-0.25, -0.2) is 4.79 Å². The van der Waals surface area contributed by atoms with Crippen molar-refractivity contribution in [2.75, 3.05) is 0 Å². The van der Waals surface area contributed by atoms with Gasteiger partial charge in [0.1, 0.15) is 6.04 Å². The summed E-state index contributed by atoms with van der Waals surface area (Å²) in [4.78, 5) is 23.1. The van der Waals surface area contributed by atoms with Crippen LogP contribution in [0.25, 0.3) is 0 Å². The van der Waals surface area contributed by atoms with Gasteiger partial charge in [0.05, 0.1) is 0 Å². The van der Waals surface area contributed by atoms with Crippen molar-refractivity contribution in [1.29, 1.82) is 0 Å². The molecule has 0 aliphatic carbocycles. The van der Waals surface area contributed by atoms with Crippen LogP contribution in [0.2, 0.25) is 0 Å². The third-order valence-electron chi connectivity index (χ3n) is 3.30. The zero-order valence-electron chi connectivity index (χ0n) is 12.6. The second kappa shape index (κ2) is 6.55. The van der Waals surface area contributed by atoms with Gasteiger partial charge < -0.3 is 10.4 Å². The van der Waals surface area contributed by atoms with Crippen LogP contribution in [0, 0.1) is 12.3 Å². The lowest BCUT2D eigenvalue weighted by Crippen LogP contribution is -2.49. The zero-order valence-corrected chi connectivity index (χ0v) is 12.6. The van der Waals surface area contributed by atoms with E-state index in [2.05, 4.69) is 5.32 Å². The topological polar surface area (TPSA) is 66.4 Å². The molecule has 20 heavy (non-hydrogen) atoms. The Morgan fingerprint density at radius 1 is 1.25 bits per heavy atom. The average molecular weight is 277 g/mol. The summed E-state index contributed by atoms with van der Waals surface area (Å²) in [6.07, 6.45) is 0.916. The molecule has 1 rings (SSSR count). The highest BCUT2D eigenvalue weighted by atomic mass is 16.4. The van der Waals surface area contributed by atoms with Gasteiger partial charge in [0.25, 0.3) is 0 Å². The first-order chi connectivity index (χ1) is 9.21. The Labute approximate surface area is 120 Å².